The van der Waals surface area contributed by atoms with Gasteiger partial charge in [0.1, 0.15) is 0 Å². The third-order valence-corrected chi connectivity index (χ3v) is 4.93. The van der Waals surface area contributed by atoms with Gasteiger partial charge in [-0.15, -0.1) is 0 Å². The predicted molar refractivity (Wildman–Crippen MR) is 91.8 cm³/mol. The summed E-state index contributed by atoms with van der Waals surface area (Å²) in [7, 11) is 1.75. The van der Waals surface area contributed by atoms with E-state index in [-0.39, 0.29) is 17.5 Å². The second-order valence-corrected chi connectivity index (χ2v) is 6.69. The summed E-state index contributed by atoms with van der Waals surface area (Å²) in [6.07, 6.45) is 5.07. The number of nitrogens with zero attached hydrogens (tertiary/aromatic N) is 2. The first kappa shape index (κ1) is 16.1. The molecule has 124 valence electrons. The molecular weight excluding hydrogens is 314 g/mol. The van der Waals surface area contributed by atoms with Crippen LogP contribution in [0.4, 0.5) is 0 Å². The van der Waals surface area contributed by atoms with Crippen molar-refractivity contribution in [3.8, 4) is 0 Å². The minimum atomic E-state index is -0.0515. The summed E-state index contributed by atoms with van der Waals surface area (Å²) in [5.74, 6) is 0.358. The Balaban J connectivity index is 1.62. The van der Waals surface area contributed by atoms with Gasteiger partial charge in [0.2, 0.25) is 5.91 Å². The molecule has 1 heterocycles. The monoisotopic (exact) mass is 335 g/mol. The van der Waals surface area contributed by atoms with Crippen molar-refractivity contribution in [2.24, 2.45) is 13.0 Å². The molecule has 0 saturated heterocycles. The van der Waals surface area contributed by atoms with Crippen molar-refractivity contribution in [3.05, 3.63) is 33.7 Å². The molecule has 0 unspecified atom stereocenters. The van der Waals surface area contributed by atoms with Gasteiger partial charge in [-0.25, -0.2) is 4.79 Å². The molecule has 0 radical (unpaired) electrons. The molecule has 1 aliphatic rings. The minimum Gasteiger partial charge on any atom is -0.356 e. The van der Waals surface area contributed by atoms with Gasteiger partial charge in [0.25, 0.3) is 0 Å². The highest BCUT2D eigenvalue weighted by Gasteiger charge is 2.22. The van der Waals surface area contributed by atoms with Crippen molar-refractivity contribution in [3.63, 3.8) is 0 Å². The van der Waals surface area contributed by atoms with E-state index in [0.29, 0.717) is 18.1 Å². The molecule has 6 heteroatoms. The van der Waals surface area contributed by atoms with E-state index in [9.17, 15) is 9.59 Å². The fourth-order valence-electron chi connectivity index (χ4n) is 3.38. The predicted octanol–water partition coefficient (Wildman–Crippen LogP) is 2.69. The largest absolute Gasteiger partial charge is 0.356 e. The molecule has 1 saturated carbocycles. The van der Waals surface area contributed by atoms with Crippen molar-refractivity contribution in [1.29, 1.82) is 0 Å². The van der Waals surface area contributed by atoms with E-state index >= 15 is 0 Å². The van der Waals surface area contributed by atoms with E-state index in [1.165, 1.54) is 0 Å². The summed E-state index contributed by atoms with van der Waals surface area (Å²) >= 11 is 6.00. The molecule has 5 nitrogen and oxygen atoms in total. The summed E-state index contributed by atoms with van der Waals surface area (Å²) < 4.78 is 3.35. The van der Waals surface area contributed by atoms with Crippen molar-refractivity contribution in [1.82, 2.24) is 14.5 Å². The smallest absolute Gasteiger partial charge is 0.328 e. The van der Waals surface area contributed by atoms with Gasteiger partial charge in [0, 0.05) is 31.1 Å². The molecule has 1 aromatic heterocycles. The van der Waals surface area contributed by atoms with Gasteiger partial charge < -0.3 is 5.32 Å². The Kier molecular flexibility index (Phi) is 4.76. The topological polar surface area (TPSA) is 56.0 Å². The van der Waals surface area contributed by atoms with E-state index in [4.69, 9.17) is 11.6 Å². The zero-order chi connectivity index (χ0) is 16.4. The molecule has 1 aliphatic carbocycles. The number of rotatable bonds is 5. The van der Waals surface area contributed by atoms with Crippen molar-refractivity contribution >= 4 is 28.5 Å². The zero-order valence-corrected chi connectivity index (χ0v) is 14.1. The van der Waals surface area contributed by atoms with E-state index in [1.54, 1.807) is 28.3 Å². The fraction of sp³-hybridized carbons (Fsp3) is 0.529. The Hall–Kier alpha value is -1.75. The van der Waals surface area contributed by atoms with Crippen LogP contribution in [0.15, 0.2) is 23.0 Å². The molecule has 1 amide bonds. The van der Waals surface area contributed by atoms with Crippen LogP contribution in [0, 0.1) is 5.92 Å². The van der Waals surface area contributed by atoms with E-state index in [0.717, 1.165) is 43.1 Å². The van der Waals surface area contributed by atoms with Gasteiger partial charge in [0.15, 0.2) is 0 Å². The van der Waals surface area contributed by atoms with Crippen LogP contribution in [0.3, 0.4) is 0 Å². The zero-order valence-electron chi connectivity index (χ0n) is 13.3. The number of nitrogens with one attached hydrogen (secondary N) is 1. The molecule has 1 aromatic carbocycles. The number of aromatic nitrogens is 2. The first-order valence-electron chi connectivity index (χ1n) is 8.20. The summed E-state index contributed by atoms with van der Waals surface area (Å²) in [5.41, 5.74) is 1.66. The van der Waals surface area contributed by atoms with Gasteiger partial charge in [-0.3, -0.25) is 13.9 Å². The quantitative estimate of drug-likeness (QED) is 0.854. The molecule has 0 spiro atoms. The maximum atomic E-state index is 12.3. The van der Waals surface area contributed by atoms with Crippen LogP contribution in [-0.2, 0) is 18.4 Å². The lowest BCUT2D eigenvalue weighted by Gasteiger charge is -2.10. The van der Waals surface area contributed by atoms with E-state index in [2.05, 4.69) is 5.32 Å². The lowest BCUT2D eigenvalue weighted by molar-refractivity contribution is -0.124. The molecule has 0 aliphatic heterocycles. The Bertz CT molecular complexity index is 772. The molecule has 3 rings (SSSR count). The summed E-state index contributed by atoms with van der Waals surface area (Å²) in [4.78, 5) is 24.3. The van der Waals surface area contributed by atoms with Crippen LogP contribution in [0.1, 0.15) is 32.1 Å². The Morgan fingerprint density at radius 3 is 2.78 bits per heavy atom. The number of halogens is 1. The molecule has 23 heavy (non-hydrogen) atoms. The lowest BCUT2D eigenvalue weighted by Crippen LogP contribution is -2.31. The van der Waals surface area contributed by atoms with Gasteiger partial charge in [0.05, 0.1) is 11.0 Å². The number of benzene rings is 1. The van der Waals surface area contributed by atoms with Crippen molar-refractivity contribution < 1.29 is 4.79 Å². The number of aryl methyl sites for hydroxylation is 2. The number of amides is 1. The number of imidazole rings is 1. The van der Waals surface area contributed by atoms with E-state index < -0.39 is 0 Å². The normalized spacial score (nSPS) is 15.4. The highest BCUT2D eigenvalue weighted by molar-refractivity contribution is 6.31. The number of hydrogen-bond donors (Lipinski definition) is 1. The molecule has 1 fully saturated rings. The molecular formula is C17H22ClN3O2. The average Bonchev–Trinajstić information content (AvgIpc) is 3.15. The molecule has 2 aromatic rings. The van der Waals surface area contributed by atoms with Crippen molar-refractivity contribution in [2.45, 2.75) is 38.6 Å². The van der Waals surface area contributed by atoms with E-state index in [1.807, 2.05) is 6.07 Å². The Morgan fingerprint density at radius 2 is 2.04 bits per heavy atom. The highest BCUT2D eigenvalue weighted by Crippen LogP contribution is 2.24. The van der Waals surface area contributed by atoms with Crippen molar-refractivity contribution in [2.75, 3.05) is 6.54 Å². The minimum absolute atomic E-state index is 0.0515. The molecule has 1 N–H and O–H groups in total. The van der Waals surface area contributed by atoms with Gasteiger partial charge in [-0.05, 0) is 37.5 Å². The third-order valence-electron chi connectivity index (χ3n) is 4.69. The second kappa shape index (κ2) is 6.79. The molecule has 0 atom stereocenters. The summed E-state index contributed by atoms with van der Waals surface area (Å²) in [5, 5.41) is 3.62. The van der Waals surface area contributed by atoms with Gasteiger partial charge in [-0.1, -0.05) is 24.4 Å². The first-order chi connectivity index (χ1) is 11.1. The van der Waals surface area contributed by atoms with Crippen LogP contribution >= 0.6 is 11.6 Å². The Labute approximate surface area is 140 Å². The summed E-state index contributed by atoms with van der Waals surface area (Å²) in [6, 6.07) is 5.47. The maximum absolute atomic E-state index is 12.3. The Morgan fingerprint density at radius 1 is 1.30 bits per heavy atom. The SMILES string of the molecule is Cn1c(=O)n(CCCNC(=O)C2CCCC2)c2ccc(Cl)cc21. The number of hydrogen-bond acceptors (Lipinski definition) is 2. The number of carbonyl (C=O) groups is 1. The summed E-state index contributed by atoms with van der Waals surface area (Å²) in [6.45, 7) is 1.19. The first-order valence-corrected chi connectivity index (χ1v) is 8.58. The van der Waals surface area contributed by atoms with Crippen LogP contribution in [-0.4, -0.2) is 21.6 Å². The standard InChI is InChI=1S/C17H22ClN3O2/c1-20-15-11-13(18)7-8-14(15)21(17(20)23)10-4-9-19-16(22)12-5-2-3-6-12/h7-8,11-12H,2-6,9-10H2,1H3,(H,19,22). The van der Waals surface area contributed by atoms with Gasteiger partial charge in [-0.2, -0.15) is 0 Å². The third kappa shape index (κ3) is 3.29. The van der Waals surface area contributed by atoms with Crippen LogP contribution < -0.4 is 11.0 Å². The maximum Gasteiger partial charge on any atom is 0.328 e. The fourth-order valence-corrected chi connectivity index (χ4v) is 3.54. The molecule has 0 bridgehead atoms. The van der Waals surface area contributed by atoms with Crippen LogP contribution in [0.2, 0.25) is 5.02 Å². The van der Waals surface area contributed by atoms with Crippen LogP contribution in [0.5, 0.6) is 0 Å². The van der Waals surface area contributed by atoms with Gasteiger partial charge >= 0.3 is 5.69 Å². The lowest BCUT2D eigenvalue weighted by atomic mass is 10.1. The number of carbonyl (C=O) groups excluding carboxylic acids is 1. The average molecular weight is 336 g/mol. The second-order valence-electron chi connectivity index (χ2n) is 6.25. The highest BCUT2D eigenvalue weighted by atomic mass is 35.5. The van der Waals surface area contributed by atoms with Crippen LogP contribution in [0.25, 0.3) is 11.0 Å². The number of fused-ring (bicyclic) bond motifs is 1.